The number of hydrogen-bond acceptors (Lipinski definition) is 5. The van der Waals surface area contributed by atoms with Crippen molar-refractivity contribution in [2.24, 2.45) is 0 Å². The molecule has 2 saturated heterocycles. The summed E-state index contributed by atoms with van der Waals surface area (Å²) in [4.78, 5) is 26.9. The monoisotopic (exact) mass is 334 g/mol. The van der Waals surface area contributed by atoms with Gasteiger partial charge in [-0.15, -0.1) is 0 Å². The molecule has 1 spiro atoms. The molecule has 7 nitrogen and oxygen atoms in total. The van der Waals surface area contributed by atoms with Crippen LogP contribution in [0.3, 0.4) is 0 Å². The predicted octanol–water partition coefficient (Wildman–Crippen LogP) is 1.81. The molecule has 7 heteroatoms. The van der Waals surface area contributed by atoms with Crippen molar-refractivity contribution < 1.29 is 24.2 Å². The van der Waals surface area contributed by atoms with Gasteiger partial charge >= 0.3 is 12.1 Å². The number of nitrogens with zero attached hydrogens (tertiary/aromatic N) is 2. The van der Waals surface area contributed by atoms with E-state index in [9.17, 15) is 14.7 Å². The van der Waals surface area contributed by atoms with Gasteiger partial charge in [0.15, 0.2) is 0 Å². The summed E-state index contributed by atoms with van der Waals surface area (Å²) in [7, 11) is 3.21. The second-order valence-corrected chi connectivity index (χ2v) is 6.56. The van der Waals surface area contributed by atoms with Crippen molar-refractivity contribution in [3.8, 4) is 5.75 Å². The Morgan fingerprint density at radius 2 is 2.21 bits per heavy atom. The quantitative estimate of drug-likeness (QED) is 0.905. The minimum atomic E-state index is -1.00. The molecule has 1 amide bonds. The van der Waals surface area contributed by atoms with Crippen molar-refractivity contribution >= 4 is 12.1 Å². The number of rotatable bonds is 4. The van der Waals surface area contributed by atoms with Crippen LogP contribution in [0.4, 0.5) is 4.79 Å². The molecule has 0 saturated carbocycles. The summed E-state index contributed by atoms with van der Waals surface area (Å²) in [5.41, 5.74) is 0.628. The molecule has 2 aliphatic heterocycles. The third-order valence-electron chi connectivity index (χ3n) is 4.66. The maximum Gasteiger partial charge on any atom is 0.410 e. The van der Waals surface area contributed by atoms with E-state index < -0.39 is 11.6 Å². The molecule has 2 fully saturated rings. The number of amides is 1. The second kappa shape index (κ2) is 6.32. The van der Waals surface area contributed by atoms with Crippen LogP contribution in [0, 0.1) is 0 Å². The first-order valence-corrected chi connectivity index (χ1v) is 7.99. The van der Waals surface area contributed by atoms with Crippen LogP contribution < -0.4 is 4.74 Å². The Hall–Kier alpha value is -2.28. The van der Waals surface area contributed by atoms with Crippen LogP contribution in [0.25, 0.3) is 0 Å². The number of carboxylic acid groups (broad SMARTS) is 1. The van der Waals surface area contributed by atoms with Crippen LogP contribution in [-0.2, 0) is 11.3 Å². The number of methoxy groups -OCH3 is 1. The molecule has 130 valence electrons. The van der Waals surface area contributed by atoms with Gasteiger partial charge in [0.05, 0.1) is 13.7 Å². The van der Waals surface area contributed by atoms with Crippen molar-refractivity contribution in [2.75, 3.05) is 33.8 Å². The maximum atomic E-state index is 11.7. The number of piperidine rings is 1. The summed E-state index contributed by atoms with van der Waals surface area (Å²) in [6.45, 7) is 2.79. The molecule has 0 unspecified atom stereocenters. The zero-order valence-corrected chi connectivity index (χ0v) is 13.9. The van der Waals surface area contributed by atoms with Gasteiger partial charge < -0.3 is 19.5 Å². The van der Waals surface area contributed by atoms with Gasteiger partial charge in [0.25, 0.3) is 0 Å². The fourth-order valence-electron chi connectivity index (χ4n) is 3.61. The van der Waals surface area contributed by atoms with Gasteiger partial charge in [-0.1, -0.05) is 6.07 Å². The van der Waals surface area contributed by atoms with Crippen molar-refractivity contribution in [3.63, 3.8) is 0 Å². The summed E-state index contributed by atoms with van der Waals surface area (Å²) >= 11 is 0. The van der Waals surface area contributed by atoms with E-state index in [0.29, 0.717) is 25.4 Å². The van der Waals surface area contributed by atoms with E-state index in [0.717, 1.165) is 24.9 Å². The summed E-state index contributed by atoms with van der Waals surface area (Å²) in [6, 6.07) is 5.20. The average Bonchev–Trinajstić information content (AvgIpc) is 2.80. The third kappa shape index (κ3) is 3.17. The minimum absolute atomic E-state index is 0.161. The zero-order valence-electron chi connectivity index (χ0n) is 13.9. The fourth-order valence-corrected chi connectivity index (χ4v) is 3.61. The van der Waals surface area contributed by atoms with Crippen molar-refractivity contribution in [1.29, 1.82) is 0 Å². The fraction of sp³-hybridized carbons (Fsp3) is 0.529. The standard InChI is InChI=1S/C17H22N2O5/c1-18-10-17(24-16(18)22)6-3-7-19(11-17)9-12-4-5-14(23-2)13(8-12)15(20)21/h4-5,8H,3,6-7,9-11H2,1-2H3,(H,20,21)/t17-/m1/s1. The Balaban J connectivity index is 1.73. The first kappa shape index (κ1) is 16.6. The second-order valence-electron chi connectivity index (χ2n) is 6.56. The van der Waals surface area contributed by atoms with Gasteiger partial charge in [-0.2, -0.15) is 0 Å². The summed E-state index contributed by atoms with van der Waals surface area (Å²) in [5.74, 6) is -0.650. The molecule has 3 rings (SSSR count). The number of benzene rings is 1. The van der Waals surface area contributed by atoms with Crippen molar-refractivity contribution in [2.45, 2.75) is 25.0 Å². The van der Waals surface area contributed by atoms with Crippen molar-refractivity contribution in [1.82, 2.24) is 9.80 Å². The van der Waals surface area contributed by atoms with E-state index in [2.05, 4.69) is 4.90 Å². The van der Waals surface area contributed by atoms with E-state index in [1.807, 2.05) is 6.07 Å². The molecule has 0 radical (unpaired) electrons. The minimum Gasteiger partial charge on any atom is -0.496 e. The Bertz CT molecular complexity index is 662. The van der Waals surface area contributed by atoms with Crippen LogP contribution in [0.1, 0.15) is 28.8 Å². The smallest absolute Gasteiger partial charge is 0.410 e. The SMILES string of the molecule is COc1ccc(CN2CCC[C@]3(C2)CN(C)C(=O)O3)cc1C(=O)O. The zero-order chi connectivity index (χ0) is 17.3. The van der Waals surface area contributed by atoms with Gasteiger partial charge in [0.1, 0.15) is 16.9 Å². The van der Waals surface area contributed by atoms with Gasteiger partial charge in [-0.05, 0) is 37.1 Å². The number of likely N-dealkylation sites (tertiary alicyclic amines) is 1. The summed E-state index contributed by atoms with van der Waals surface area (Å²) in [6.07, 6.45) is 1.54. The van der Waals surface area contributed by atoms with Crippen LogP contribution in [0.5, 0.6) is 5.75 Å². The molecule has 2 heterocycles. The van der Waals surface area contributed by atoms with E-state index in [1.165, 1.54) is 7.11 Å². The molecular weight excluding hydrogens is 312 g/mol. The lowest BCUT2D eigenvalue weighted by molar-refractivity contribution is -0.0113. The Kier molecular flexibility index (Phi) is 4.36. The average molecular weight is 334 g/mol. The molecule has 0 aromatic heterocycles. The Labute approximate surface area is 140 Å². The summed E-state index contributed by atoms with van der Waals surface area (Å²) in [5, 5.41) is 9.30. The van der Waals surface area contributed by atoms with E-state index in [4.69, 9.17) is 9.47 Å². The van der Waals surface area contributed by atoms with Crippen LogP contribution in [-0.4, -0.2) is 66.4 Å². The van der Waals surface area contributed by atoms with Gasteiger partial charge in [0, 0.05) is 20.1 Å². The topological polar surface area (TPSA) is 79.3 Å². The molecule has 1 N–H and O–H groups in total. The molecule has 2 aliphatic rings. The number of carboxylic acids is 1. The van der Waals surface area contributed by atoms with Gasteiger partial charge in [-0.3, -0.25) is 4.90 Å². The number of hydrogen-bond donors (Lipinski definition) is 1. The maximum absolute atomic E-state index is 11.7. The largest absolute Gasteiger partial charge is 0.496 e. The number of carbonyl (C=O) groups is 2. The summed E-state index contributed by atoms with van der Waals surface area (Å²) < 4.78 is 10.7. The molecular formula is C17H22N2O5. The highest BCUT2D eigenvalue weighted by Gasteiger charge is 2.46. The highest BCUT2D eigenvalue weighted by molar-refractivity contribution is 5.91. The number of likely N-dealkylation sites (N-methyl/N-ethyl adjacent to an activating group) is 1. The third-order valence-corrected chi connectivity index (χ3v) is 4.66. The molecule has 1 atom stereocenters. The Morgan fingerprint density at radius 1 is 1.42 bits per heavy atom. The van der Waals surface area contributed by atoms with Crippen LogP contribution >= 0.6 is 0 Å². The predicted molar refractivity (Wildman–Crippen MR) is 86.3 cm³/mol. The van der Waals surface area contributed by atoms with E-state index in [-0.39, 0.29) is 11.7 Å². The molecule has 24 heavy (non-hydrogen) atoms. The van der Waals surface area contributed by atoms with Crippen LogP contribution in [0.2, 0.25) is 0 Å². The lowest BCUT2D eigenvalue weighted by Gasteiger charge is -2.38. The van der Waals surface area contributed by atoms with E-state index in [1.54, 1.807) is 24.1 Å². The first-order chi connectivity index (χ1) is 11.4. The highest BCUT2D eigenvalue weighted by Crippen LogP contribution is 2.32. The molecule has 1 aromatic rings. The number of ether oxygens (including phenoxy) is 2. The van der Waals surface area contributed by atoms with Gasteiger partial charge in [0.2, 0.25) is 0 Å². The van der Waals surface area contributed by atoms with Crippen molar-refractivity contribution in [3.05, 3.63) is 29.3 Å². The van der Waals surface area contributed by atoms with Crippen LogP contribution in [0.15, 0.2) is 18.2 Å². The molecule has 0 aliphatic carbocycles. The first-order valence-electron chi connectivity index (χ1n) is 7.99. The highest BCUT2D eigenvalue weighted by atomic mass is 16.6. The molecule has 1 aromatic carbocycles. The molecule has 0 bridgehead atoms. The Morgan fingerprint density at radius 3 is 2.83 bits per heavy atom. The normalized spacial score (nSPS) is 24.2. The number of aromatic carboxylic acids is 1. The lowest BCUT2D eigenvalue weighted by atomic mass is 9.92. The van der Waals surface area contributed by atoms with E-state index >= 15 is 0 Å². The lowest BCUT2D eigenvalue weighted by Crippen LogP contribution is -2.50. The number of carbonyl (C=O) groups excluding carboxylic acids is 1. The van der Waals surface area contributed by atoms with Gasteiger partial charge in [-0.25, -0.2) is 9.59 Å².